The molecule has 0 saturated carbocycles. The Balaban J connectivity index is 1.30. The predicted molar refractivity (Wildman–Crippen MR) is 131 cm³/mol. The summed E-state index contributed by atoms with van der Waals surface area (Å²) < 4.78 is 8.41. The van der Waals surface area contributed by atoms with Crippen molar-refractivity contribution in [1.82, 2.24) is 29.0 Å². The number of nitrogens with zero attached hydrogens (tertiary/aromatic N) is 6. The standard InChI is InChI=1S/C25H36N6O4/c1-3-30-23(26-31(24(30)33)18-20-8-6-5-7-9-20)21-10-12-27(13-11-21)19-22(32)28-14-16-29(17-15-28)25(34)35-4-2/h5-9,21H,3-4,10-19H2,1-2H3. The summed E-state index contributed by atoms with van der Waals surface area (Å²) in [6, 6.07) is 9.90. The first kappa shape index (κ1) is 25.0. The zero-order valence-electron chi connectivity index (χ0n) is 20.8. The third kappa shape index (κ3) is 5.93. The predicted octanol–water partition coefficient (Wildman–Crippen LogP) is 1.59. The van der Waals surface area contributed by atoms with Crippen LogP contribution in [0.4, 0.5) is 4.79 Å². The van der Waals surface area contributed by atoms with Gasteiger partial charge in [-0.25, -0.2) is 14.3 Å². The molecule has 0 unspecified atom stereocenters. The van der Waals surface area contributed by atoms with Crippen LogP contribution >= 0.6 is 0 Å². The number of likely N-dealkylation sites (tertiary alicyclic amines) is 1. The summed E-state index contributed by atoms with van der Waals surface area (Å²) in [5.41, 5.74) is 0.990. The minimum atomic E-state index is -0.307. The molecule has 35 heavy (non-hydrogen) atoms. The molecule has 4 rings (SSSR count). The largest absolute Gasteiger partial charge is 0.450 e. The summed E-state index contributed by atoms with van der Waals surface area (Å²) in [6.45, 7) is 9.25. The first-order valence-electron chi connectivity index (χ1n) is 12.6. The number of piperazine rings is 1. The van der Waals surface area contributed by atoms with E-state index in [4.69, 9.17) is 9.84 Å². The number of ether oxygens (including phenoxy) is 1. The quantitative estimate of drug-likeness (QED) is 0.593. The van der Waals surface area contributed by atoms with Gasteiger partial charge in [-0.3, -0.25) is 14.3 Å². The normalized spacial score (nSPS) is 17.5. The van der Waals surface area contributed by atoms with Gasteiger partial charge in [-0.15, -0.1) is 0 Å². The maximum Gasteiger partial charge on any atom is 0.409 e. The molecule has 1 aromatic heterocycles. The van der Waals surface area contributed by atoms with Crippen LogP contribution in [0.15, 0.2) is 35.1 Å². The molecule has 2 amide bonds. The van der Waals surface area contributed by atoms with Gasteiger partial charge in [0.1, 0.15) is 5.82 Å². The number of benzene rings is 1. The fourth-order valence-corrected chi connectivity index (χ4v) is 4.91. The van der Waals surface area contributed by atoms with Gasteiger partial charge in [-0.05, 0) is 45.3 Å². The Hall–Kier alpha value is -3.14. The van der Waals surface area contributed by atoms with Crippen molar-refractivity contribution in [3.8, 4) is 0 Å². The molecule has 0 N–H and O–H groups in total. The van der Waals surface area contributed by atoms with Crippen LogP contribution in [-0.2, 0) is 22.6 Å². The van der Waals surface area contributed by atoms with Crippen LogP contribution in [-0.4, -0.2) is 93.5 Å². The second-order valence-electron chi connectivity index (χ2n) is 9.15. The van der Waals surface area contributed by atoms with Crippen LogP contribution < -0.4 is 5.69 Å². The van der Waals surface area contributed by atoms with Crippen LogP contribution in [0.2, 0.25) is 0 Å². The lowest BCUT2D eigenvalue weighted by molar-refractivity contribution is -0.134. The zero-order valence-corrected chi connectivity index (χ0v) is 20.8. The fraction of sp³-hybridized carbons (Fsp3) is 0.600. The van der Waals surface area contributed by atoms with E-state index in [-0.39, 0.29) is 23.6 Å². The summed E-state index contributed by atoms with van der Waals surface area (Å²) in [4.78, 5) is 43.3. The van der Waals surface area contributed by atoms with Gasteiger partial charge in [0.05, 0.1) is 19.7 Å². The molecule has 2 fully saturated rings. The van der Waals surface area contributed by atoms with Crippen LogP contribution in [0.25, 0.3) is 0 Å². The third-order valence-corrected chi connectivity index (χ3v) is 6.91. The van der Waals surface area contributed by atoms with Crippen molar-refractivity contribution in [3.05, 3.63) is 52.2 Å². The van der Waals surface area contributed by atoms with E-state index >= 15 is 0 Å². The lowest BCUT2D eigenvalue weighted by atomic mass is 9.96. The second-order valence-corrected chi connectivity index (χ2v) is 9.15. The molecular weight excluding hydrogens is 448 g/mol. The molecule has 0 aliphatic carbocycles. The summed E-state index contributed by atoms with van der Waals surface area (Å²) in [7, 11) is 0. The molecule has 10 nitrogen and oxygen atoms in total. The smallest absolute Gasteiger partial charge is 0.409 e. The fourth-order valence-electron chi connectivity index (χ4n) is 4.91. The molecule has 0 spiro atoms. The zero-order chi connectivity index (χ0) is 24.8. The number of carbonyl (C=O) groups is 2. The number of hydrogen-bond acceptors (Lipinski definition) is 6. The van der Waals surface area contributed by atoms with Crippen molar-refractivity contribution in [3.63, 3.8) is 0 Å². The van der Waals surface area contributed by atoms with Crippen molar-refractivity contribution >= 4 is 12.0 Å². The SMILES string of the molecule is CCOC(=O)N1CCN(C(=O)CN2CCC(c3nn(Cc4ccccc4)c(=O)n3CC)CC2)CC1. The van der Waals surface area contributed by atoms with E-state index in [1.807, 2.05) is 42.2 Å². The van der Waals surface area contributed by atoms with Crippen LogP contribution in [0.5, 0.6) is 0 Å². The van der Waals surface area contributed by atoms with Gasteiger partial charge in [0.25, 0.3) is 0 Å². The highest BCUT2D eigenvalue weighted by atomic mass is 16.6. The summed E-state index contributed by atoms with van der Waals surface area (Å²) in [5, 5.41) is 4.72. The van der Waals surface area contributed by atoms with Gasteiger partial charge < -0.3 is 14.5 Å². The molecule has 0 radical (unpaired) electrons. The first-order valence-corrected chi connectivity index (χ1v) is 12.6. The molecular formula is C25H36N6O4. The molecule has 2 aliphatic rings. The Morgan fingerprint density at radius 3 is 2.26 bits per heavy atom. The van der Waals surface area contributed by atoms with Crippen molar-refractivity contribution < 1.29 is 14.3 Å². The minimum Gasteiger partial charge on any atom is -0.450 e. The minimum absolute atomic E-state index is 0.0640. The Labute approximate surface area is 206 Å². The van der Waals surface area contributed by atoms with Gasteiger partial charge in [0, 0.05) is 38.6 Å². The first-order chi connectivity index (χ1) is 17.0. The molecule has 3 heterocycles. The second kappa shape index (κ2) is 11.5. The van der Waals surface area contributed by atoms with Crippen molar-refractivity contribution in [2.45, 2.75) is 45.7 Å². The van der Waals surface area contributed by atoms with Gasteiger partial charge in [0.15, 0.2) is 0 Å². The van der Waals surface area contributed by atoms with E-state index in [1.54, 1.807) is 21.1 Å². The van der Waals surface area contributed by atoms with E-state index in [1.165, 1.54) is 0 Å². The Bertz CT molecular complexity index is 1050. The average molecular weight is 485 g/mol. The molecule has 190 valence electrons. The number of amides is 2. The average Bonchev–Trinajstić information content (AvgIpc) is 3.20. The molecule has 1 aromatic carbocycles. The van der Waals surface area contributed by atoms with E-state index in [0.717, 1.165) is 37.3 Å². The molecule has 10 heteroatoms. The highest BCUT2D eigenvalue weighted by Gasteiger charge is 2.29. The van der Waals surface area contributed by atoms with E-state index in [9.17, 15) is 14.4 Å². The summed E-state index contributed by atoms with van der Waals surface area (Å²) in [6.07, 6.45) is 1.43. The van der Waals surface area contributed by atoms with Crippen LogP contribution in [0.3, 0.4) is 0 Å². The Kier molecular flexibility index (Phi) is 8.22. The molecule has 0 atom stereocenters. The molecule has 0 bridgehead atoms. The monoisotopic (exact) mass is 484 g/mol. The lowest BCUT2D eigenvalue weighted by Crippen LogP contribution is -2.53. The number of hydrogen-bond donors (Lipinski definition) is 0. The summed E-state index contributed by atoms with van der Waals surface area (Å²) >= 11 is 0. The lowest BCUT2D eigenvalue weighted by Gasteiger charge is -2.36. The van der Waals surface area contributed by atoms with Gasteiger partial charge in [-0.2, -0.15) is 5.10 Å². The Morgan fingerprint density at radius 1 is 0.971 bits per heavy atom. The number of aromatic nitrogens is 3. The third-order valence-electron chi connectivity index (χ3n) is 6.91. The molecule has 2 saturated heterocycles. The van der Waals surface area contributed by atoms with Gasteiger partial charge in [-0.1, -0.05) is 30.3 Å². The van der Waals surface area contributed by atoms with E-state index in [2.05, 4.69) is 4.90 Å². The number of piperidine rings is 1. The van der Waals surface area contributed by atoms with Crippen LogP contribution in [0.1, 0.15) is 44.0 Å². The molecule has 2 aliphatic heterocycles. The highest BCUT2D eigenvalue weighted by Crippen LogP contribution is 2.26. The Morgan fingerprint density at radius 2 is 1.63 bits per heavy atom. The van der Waals surface area contributed by atoms with Gasteiger partial charge in [0.2, 0.25) is 5.91 Å². The topological polar surface area (TPSA) is 92.9 Å². The van der Waals surface area contributed by atoms with Crippen LogP contribution in [0, 0.1) is 0 Å². The van der Waals surface area contributed by atoms with Crippen molar-refractivity contribution in [1.29, 1.82) is 0 Å². The maximum atomic E-state index is 12.9. The number of carbonyl (C=O) groups excluding carboxylic acids is 2. The maximum absolute atomic E-state index is 12.9. The van der Waals surface area contributed by atoms with E-state index in [0.29, 0.717) is 52.4 Å². The number of rotatable bonds is 7. The summed E-state index contributed by atoms with van der Waals surface area (Å²) in [5.74, 6) is 1.17. The highest BCUT2D eigenvalue weighted by molar-refractivity contribution is 5.78. The van der Waals surface area contributed by atoms with Crippen molar-refractivity contribution in [2.24, 2.45) is 0 Å². The van der Waals surface area contributed by atoms with Crippen molar-refractivity contribution in [2.75, 3.05) is 52.4 Å². The van der Waals surface area contributed by atoms with E-state index < -0.39 is 0 Å². The van der Waals surface area contributed by atoms with Gasteiger partial charge >= 0.3 is 11.8 Å². The molecule has 2 aromatic rings.